The summed E-state index contributed by atoms with van der Waals surface area (Å²) in [4.78, 5) is 34.1. The van der Waals surface area contributed by atoms with Crippen molar-refractivity contribution in [3.8, 4) is 0 Å². The number of thioether (sulfide) groups is 1. The summed E-state index contributed by atoms with van der Waals surface area (Å²) in [5.74, 6) is -3.47. The average Bonchev–Trinajstić information content (AvgIpc) is 2.89. The Morgan fingerprint density at radius 2 is 1.85 bits per heavy atom. The van der Waals surface area contributed by atoms with Gasteiger partial charge in [0, 0.05) is 61.2 Å². The molecule has 0 N–H and O–H groups in total. The van der Waals surface area contributed by atoms with Crippen LogP contribution in [-0.2, 0) is 15.7 Å². The lowest BCUT2D eigenvalue weighted by Crippen LogP contribution is -2.58. The standard InChI is InChI=1S/C28H33F5N4O3S/c1-5-21(38)36-15(2)11-35(12-16(36)3)25-19-10-20(28(31,32)33)22(17-6-8-27(29,30)9-7-17)24-23(19)37(26(39)34-25)18(13-40-4)14-41-24/h5,10,15-18H,1,6-9,11-14H2,2-4H3/t15-,16+,18-/m0/s1. The van der Waals surface area contributed by atoms with Crippen molar-refractivity contribution in [1.29, 1.82) is 0 Å². The monoisotopic (exact) mass is 600 g/mol. The highest BCUT2D eigenvalue weighted by molar-refractivity contribution is 7.99. The number of amides is 1. The number of halogens is 5. The Kier molecular flexibility index (Phi) is 7.90. The van der Waals surface area contributed by atoms with Gasteiger partial charge in [0.15, 0.2) is 0 Å². The third-order valence-electron chi connectivity index (χ3n) is 8.41. The van der Waals surface area contributed by atoms with Crippen molar-refractivity contribution >= 4 is 34.4 Å². The van der Waals surface area contributed by atoms with Gasteiger partial charge in [-0.05, 0) is 50.3 Å². The van der Waals surface area contributed by atoms with Crippen molar-refractivity contribution in [3.05, 3.63) is 40.3 Å². The van der Waals surface area contributed by atoms with Crippen LogP contribution in [0.2, 0.25) is 0 Å². The van der Waals surface area contributed by atoms with Crippen molar-refractivity contribution in [1.82, 2.24) is 14.5 Å². The number of hydrogen-bond donors (Lipinski definition) is 0. The molecule has 2 aromatic rings. The molecule has 0 radical (unpaired) electrons. The lowest BCUT2D eigenvalue weighted by Gasteiger charge is -2.45. The van der Waals surface area contributed by atoms with Gasteiger partial charge in [-0.3, -0.25) is 9.36 Å². The topological polar surface area (TPSA) is 67.7 Å². The summed E-state index contributed by atoms with van der Waals surface area (Å²) in [6.45, 7) is 7.86. The summed E-state index contributed by atoms with van der Waals surface area (Å²) < 4.78 is 79.0. The molecule has 224 valence electrons. The van der Waals surface area contributed by atoms with Gasteiger partial charge in [-0.15, -0.1) is 11.8 Å². The van der Waals surface area contributed by atoms with E-state index in [2.05, 4.69) is 11.6 Å². The van der Waals surface area contributed by atoms with Crippen LogP contribution in [0.5, 0.6) is 0 Å². The van der Waals surface area contributed by atoms with Gasteiger partial charge in [0.05, 0.1) is 23.7 Å². The van der Waals surface area contributed by atoms with E-state index in [0.29, 0.717) is 10.4 Å². The van der Waals surface area contributed by atoms with Crippen LogP contribution in [0.15, 0.2) is 28.4 Å². The fourth-order valence-electron chi connectivity index (χ4n) is 6.67. The number of anilines is 1. The van der Waals surface area contributed by atoms with Crippen LogP contribution in [0.1, 0.15) is 62.6 Å². The molecule has 2 fully saturated rings. The minimum atomic E-state index is -4.75. The molecule has 0 bridgehead atoms. The van der Waals surface area contributed by atoms with E-state index < -0.39 is 48.2 Å². The Hall–Kier alpha value is -2.67. The minimum Gasteiger partial charge on any atom is -0.383 e. The molecule has 1 amide bonds. The van der Waals surface area contributed by atoms with Gasteiger partial charge in [0.1, 0.15) is 5.82 Å². The highest BCUT2D eigenvalue weighted by Gasteiger charge is 2.44. The molecule has 2 aliphatic heterocycles. The fourth-order valence-corrected chi connectivity index (χ4v) is 8.05. The number of aromatic nitrogens is 2. The third kappa shape index (κ3) is 5.35. The number of benzene rings is 1. The maximum Gasteiger partial charge on any atom is 0.416 e. The van der Waals surface area contributed by atoms with Gasteiger partial charge in [0.2, 0.25) is 11.8 Å². The van der Waals surface area contributed by atoms with Crippen LogP contribution >= 0.6 is 11.8 Å². The van der Waals surface area contributed by atoms with Crippen LogP contribution in [-0.4, -0.2) is 70.9 Å². The third-order valence-corrected chi connectivity index (χ3v) is 9.66. The number of rotatable bonds is 5. The summed E-state index contributed by atoms with van der Waals surface area (Å²) in [5, 5.41) is 0.174. The van der Waals surface area contributed by atoms with Gasteiger partial charge in [-0.2, -0.15) is 18.2 Å². The first-order chi connectivity index (χ1) is 19.3. The Labute approximate surface area is 238 Å². The molecule has 3 aliphatic rings. The first kappa shape index (κ1) is 29.8. The second-order valence-corrected chi connectivity index (χ2v) is 12.3. The molecule has 1 saturated heterocycles. The number of hydrogen-bond acceptors (Lipinski definition) is 6. The molecule has 7 nitrogen and oxygen atoms in total. The number of piperazine rings is 1. The number of methoxy groups -OCH3 is 1. The number of alkyl halides is 5. The van der Waals surface area contributed by atoms with Crippen LogP contribution in [0.3, 0.4) is 0 Å². The van der Waals surface area contributed by atoms with E-state index in [1.165, 1.54) is 29.5 Å². The zero-order chi connectivity index (χ0) is 29.9. The number of carbonyl (C=O) groups is 1. The smallest absolute Gasteiger partial charge is 0.383 e. The average molecular weight is 601 g/mol. The van der Waals surface area contributed by atoms with E-state index in [0.717, 1.165) is 6.07 Å². The van der Waals surface area contributed by atoms with Crippen LogP contribution in [0, 0.1) is 0 Å². The summed E-state index contributed by atoms with van der Waals surface area (Å²) in [5.41, 5.74) is -1.15. The Morgan fingerprint density at radius 3 is 2.41 bits per heavy atom. The fraction of sp³-hybridized carbons (Fsp3) is 0.607. The lowest BCUT2D eigenvalue weighted by molar-refractivity contribution is -0.138. The maximum absolute atomic E-state index is 14.7. The van der Waals surface area contributed by atoms with E-state index in [-0.39, 0.29) is 73.0 Å². The van der Waals surface area contributed by atoms with Gasteiger partial charge in [-0.25, -0.2) is 13.6 Å². The summed E-state index contributed by atoms with van der Waals surface area (Å²) >= 11 is 1.21. The number of ether oxygens (including phenoxy) is 1. The zero-order valence-corrected chi connectivity index (χ0v) is 24.0. The predicted octanol–water partition coefficient (Wildman–Crippen LogP) is 5.61. The van der Waals surface area contributed by atoms with E-state index in [1.807, 2.05) is 13.8 Å². The second-order valence-electron chi connectivity index (χ2n) is 11.3. The molecular formula is C28H33F5N4O3S. The van der Waals surface area contributed by atoms with Crippen LogP contribution in [0.25, 0.3) is 10.9 Å². The summed E-state index contributed by atoms with van der Waals surface area (Å²) in [6.07, 6.45) is -4.65. The van der Waals surface area contributed by atoms with Crippen molar-refractivity contribution in [2.24, 2.45) is 0 Å². The van der Waals surface area contributed by atoms with Gasteiger partial charge < -0.3 is 14.5 Å². The lowest BCUT2D eigenvalue weighted by atomic mass is 9.79. The Morgan fingerprint density at radius 1 is 1.22 bits per heavy atom. The molecule has 1 aromatic carbocycles. The summed E-state index contributed by atoms with van der Waals surface area (Å²) in [7, 11) is 1.48. The molecule has 1 aromatic heterocycles. The SMILES string of the molecule is C=CC(=O)N1[C@H](C)CN(c2nc(=O)n3c4c(c(C5CCC(F)(F)CC5)c(C(F)(F)F)cc24)SC[C@@H]3COC)C[C@@H]1C. The molecule has 41 heavy (non-hydrogen) atoms. The molecule has 3 heterocycles. The van der Waals surface area contributed by atoms with Crippen LogP contribution in [0.4, 0.5) is 27.8 Å². The molecule has 0 spiro atoms. The van der Waals surface area contributed by atoms with Crippen molar-refractivity contribution < 1.29 is 31.5 Å². The van der Waals surface area contributed by atoms with E-state index in [1.54, 1.807) is 9.80 Å². The molecule has 13 heteroatoms. The summed E-state index contributed by atoms with van der Waals surface area (Å²) in [6, 6.07) is -0.0614. The van der Waals surface area contributed by atoms with E-state index in [9.17, 15) is 31.5 Å². The second kappa shape index (κ2) is 10.9. The van der Waals surface area contributed by atoms with E-state index >= 15 is 0 Å². The van der Waals surface area contributed by atoms with Crippen LogP contribution < -0.4 is 10.6 Å². The van der Waals surface area contributed by atoms with Crippen molar-refractivity contribution in [3.63, 3.8) is 0 Å². The maximum atomic E-state index is 14.7. The normalized spacial score (nSPS) is 25.0. The van der Waals surface area contributed by atoms with Gasteiger partial charge >= 0.3 is 11.9 Å². The quantitative estimate of drug-likeness (QED) is 0.328. The molecule has 1 aliphatic carbocycles. The number of carbonyl (C=O) groups excluding carboxylic acids is 1. The molecule has 0 unspecified atom stereocenters. The molecule has 3 atom stereocenters. The highest BCUT2D eigenvalue weighted by Crippen LogP contribution is 2.52. The van der Waals surface area contributed by atoms with Crippen molar-refractivity contribution in [2.45, 2.75) is 80.6 Å². The largest absolute Gasteiger partial charge is 0.416 e. The highest BCUT2D eigenvalue weighted by atomic mass is 32.2. The first-order valence-corrected chi connectivity index (χ1v) is 14.7. The number of nitrogens with zero attached hydrogens (tertiary/aromatic N) is 4. The molecular weight excluding hydrogens is 567 g/mol. The Balaban J connectivity index is 1.75. The van der Waals surface area contributed by atoms with E-state index in [4.69, 9.17) is 4.74 Å². The van der Waals surface area contributed by atoms with Gasteiger partial charge in [-0.1, -0.05) is 6.58 Å². The molecule has 1 saturated carbocycles. The zero-order valence-electron chi connectivity index (χ0n) is 23.1. The first-order valence-electron chi connectivity index (χ1n) is 13.7. The Bertz CT molecular complexity index is 1410. The predicted molar refractivity (Wildman–Crippen MR) is 147 cm³/mol. The minimum absolute atomic E-state index is 0.00481. The van der Waals surface area contributed by atoms with Gasteiger partial charge in [0.25, 0.3) is 0 Å². The molecule has 5 rings (SSSR count). The van der Waals surface area contributed by atoms with Crippen molar-refractivity contribution in [2.75, 3.05) is 37.5 Å².